The molecule has 3 aromatic rings. The van der Waals surface area contributed by atoms with Crippen LogP contribution in [0.25, 0.3) is 0 Å². The minimum absolute atomic E-state index is 0.0702. The molecule has 4 aliphatic rings. The first-order valence-electron chi connectivity index (χ1n) is 19.6. The van der Waals surface area contributed by atoms with E-state index in [9.17, 15) is 29.2 Å². The van der Waals surface area contributed by atoms with Crippen LogP contribution in [0.3, 0.4) is 0 Å². The molecule has 0 spiro atoms. The molecule has 1 atom stereocenters. The number of anilines is 1. The van der Waals surface area contributed by atoms with E-state index in [2.05, 4.69) is 36.5 Å². The highest BCUT2D eigenvalue weighted by Gasteiger charge is 2.64. The molecule has 1 aliphatic carbocycles. The summed E-state index contributed by atoms with van der Waals surface area (Å²) in [4.78, 5) is 77.6. The molecule has 0 radical (unpaired) electrons. The summed E-state index contributed by atoms with van der Waals surface area (Å²) in [7, 11) is 0. The van der Waals surface area contributed by atoms with Crippen molar-refractivity contribution in [3.05, 3.63) is 76.3 Å². The molecule has 3 aliphatic heterocycles. The number of nitriles is 1. The molecule has 16 heteroatoms. The molecule has 1 aromatic heterocycles. The van der Waals surface area contributed by atoms with Gasteiger partial charge in [-0.3, -0.25) is 39.1 Å². The van der Waals surface area contributed by atoms with E-state index in [1.807, 2.05) is 27.7 Å². The summed E-state index contributed by atoms with van der Waals surface area (Å²) >= 11 is 6.23. The van der Waals surface area contributed by atoms with E-state index in [0.29, 0.717) is 28.7 Å². The quantitative estimate of drug-likeness (QED) is 0.184. The number of halogens is 1. The second-order valence-electron chi connectivity index (χ2n) is 16.5. The normalized spacial score (nSPS) is 22.4. The summed E-state index contributed by atoms with van der Waals surface area (Å²) in [6.07, 6.45) is 6.15. The number of aromatic nitrogens is 2. The van der Waals surface area contributed by atoms with Gasteiger partial charge in [-0.1, -0.05) is 39.3 Å². The van der Waals surface area contributed by atoms with Crippen LogP contribution in [0.2, 0.25) is 5.02 Å². The fraction of sp³-hybridized carbons (Fsp3) is 0.476. The number of hydrogen-bond acceptors (Lipinski definition) is 12. The van der Waals surface area contributed by atoms with E-state index in [1.54, 1.807) is 48.8 Å². The highest BCUT2D eigenvalue weighted by atomic mass is 35.5. The number of carbonyl (C=O) groups is 5. The Morgan fingerprint density at radius 2 is 1.62 bits per heavy atom. The molecule has 58 heavy (non-hydrogen) atoms. The zero-order chi connectivity index (χ0) is 41.4. The third-order valence-corrected chi connectivity index (χ3v) is 12.1. The van der Waals surface area contributed by atoms with Crippen molar-refractivity contribution >= 4 is 46.8 Å². The van der Waals surface area contributed by atoms with Gasteiger partial charge in [-0.15, -0.1) is 0 Å². The first kappa shape index (κ1) is 40.6. The number of unbranched alkanes of at least 4 members (excludes halogenated alkanes) is 2. The highest BCUT2D eigenvalue weighted by Crippen LogP contribution is 2.55. The summed E-state index contributed by atoms with van der Waals surface area (Å²) < 4.78 is 12.2. The van der Waals surface area contributed by atoms with Gasteiger partial charge in [0.25, 0.3) is 17.7 Å². The molecular formula is C42H47ClN8O7. The lowest BCUT2D eigenvalue weighted by Gasteiger charge is -2.63. The third-order valence-electron chi connectivity index (χ3n) is 11.8. The standard InChI is InChI=1S/C42H47ClN8O7/c1-41(2)39(42(3,4)40(41)58-28-9-8-25(22-44)31(43)21-28)48-36(54)34-45-23-26(24-46-34)50-17-15-49(16-18-50)14-6-5-7-19-57-27-10-11-29-30(20-27)38(56)51(37(29)55)32-12-13-33(52)47-35(32)53/h8-11,20-21,23-24,32,39-40H,5-7,12-19H2,1-4H3,(H,48,54)(H,47,52,53). The van der Waals surface area contributed by atoms with Crippen LogP contribution in [-0.4, -0.2) is 107 Å². The number of ether oxygens (including phenoxy) is 2. The summed E-state index contributed by atoms with van der Waals surface area (Å²) in [5.41, 5.74) is 0.860. The average molecular weight is 811 g/mol. The maximum atomic E-state index is 13.3. The van der Waals surface area contributed by atoms with Gasteiger partial charge in [-0.2, -0.15) is 5.26 Å². The minimum Gasteiger partial charge on any atom is -0.494 e. The number of amides is 5. The highest BCUT2D eigenvalue weighted by molar-refractivity contribution is 6.31. The molecule has 0 bridgehead atoms. The Kier molecular flexibility index (Phi) is 11.4. The topological polar surface area (TPSA) is 187 Å². The second-order valence-corrected chi connectivity index (χ2v) is 16.9. The predicted octanol–water partition coefficient (Wildman–Crippen LogP) is 4.39. The molecule has 1 unspecified atom stereocenters. The van der Waals surface area contributed by atoms with Gasteiger partial charge in [0, 0.05) is 55.5 Å². The van der Waals surface area contributed by atoms with Crippen molar-refractivity contribution in [2.24, 2.45) is 10.8 Å². The first-order chi connectivity index (χ1) is 27.7. The van der Waals surface area contributed by atoms with Gasteiger partial charge < -0.3 is 19.7 Å². The van der Waals surface area contributed by atoms with Crippen molar-refractivity contribution in [2.45, 2.75) is 78.0 Å². The van der Waals surface area contributed by atoms with Crippen molar-refractivity contribution in [2.75, 3.05) is 44.2 Å². The lowest BCUT2D eigenvalue weighted by atomic mass is 9.49. The van der Waals surface area contributed by atoms with E-state index in [4.69, 9.17) is 21.1 Å². The van der Waals surface area contributed by atoms with Crippen LogP contribution in [0.15, 0.2) is 48.8 Å². The number of nitrogens with zero attached hydrogens (tertiary/aromatic N) is 6. The number of imide groups is 2. The number of hydrogen-bond donors (Lipinski definition) is 2. The second kappa shape index (κ2) is 16.3. The van der Waals surface area contributed by atoms with Gasteiger partial charge in [0.15, 0.2) is 0 Å². The Morgan fingerprint density at radius 1 is 0.931 bits per heavy atom. The summed E-state index contributed by atoms with van der Waals surface area (Å²) in [6, 6.07) is 10.6. The molecule has 15 nitrogen and oxygen atoms in total. The van der Waals surface area contributed by atoms with Gasteiger partial charge in [0.2, 0.25) is 17.6 Å². The van der Waals surface area contributed by atoms with Crippen LogP contribution in [0, 0.1) is 22.2 Å². The average Bonchev–Trinajstić information content (AvgIpc) is 3.45. The van der Waals surface area contributed by atoms with E-state index < -0.39 is 40.5 Å². The molecule has 2 saturated heterocycles. The van der Waals surface area contributed by atoms with Crippen LogP contribution < -0.4 is 25.0 Å². The van der Waals surface area contributed by atoms with Gasteiger partial charge in [-0.05, 0) is 62.6 Å². The fourth-order valence-corrected chi connectivity index (χ4v) is 9.18. The number of carbonyl (C=O) groups excluding carboxylic acids is 5. The molecule has 1 saturated carbocycles. The Balaban J connectivity index is 0.807. The lowest BCUT2D eigenvalue weighted by molar-refractivity contribution is -0.164. The number of benzene rings is 2. The summed E-state index contributed by atoms with van der Waals surface area (Å²) in [5.74, 6) is -1.33. The van der Waals surface area contributed by atoms with Crippen molar-refractivity contribution in [1.29, 1.82) is 5.26 Å². The fourth-order valence-electron chi connectivity index (χ4n) is 8.97. The molecule has 2 aromatic carbocycles. The van der Waals surface area contributed by atoms with Gasteiger partial charge >= 0.3 is 0 Å². The molecule has 4 heterocycles. The Bertz CT molecular complexity index is 2150. The SMILES string of the molecule is CC1(C)C(NC(=O)c2ncc(N3CCN(CCCCCOc4ccc5c(c4)C(=O)N(C4CCC(=O)NC4=O)C5=O)CC3)cn2)C(C)(C)C1Oc1ccc(C#N)c(Cl)c1. The van der Waals surface area contributed by atoms with Crippen molar-refractivity contribution in [1.82, 2.24) is 30.4 Å². The van der Waals surface area contributed by atoms with Gasteiger partial charge in [0.05, 0.1) is 46.4 Å². The number of fused-ring (bicyclic) bond motifs is 1. The third kappa shape index (κ3) is 7.95. The maximum Gasteiger partial charge on any atom is 0.289 e. The smallest absolute Gasteiger partial charge is 0.289 e. The Hall–Kier alpha value is -5.59. The first-order valence-corrected chi connectivity index (χ1v) is 20.0. The molecule has 7 rings (SSSR count). The van der Waals surface area contributed by atoms with Crippen molar-refractivity contribution in [3.63, 3.8) is 0 Å². The van der Waals surface area contributed by atoms with Crippen LogP contribution in [-0.2, 0) is 9.59 Å². The molecule has 2 N–H and O–H groups in total. The van der Waals surface area contributed by atoms with E-state index in [1.165, 1.54) is 0 Å². The zero-order valence-corrected chi connectivity index (χ0v) is 33.8. The minimum atomic E-state index is -1.00. The number of nitrogens with one attached hydrogen (secondary N) is 2. The van der Waals surface area contributed by atoms with Crippen LogP contribution in [0.1, 0.15) is 96.7 Å². The monoisotopic (exact) mass is 810 g/mol. The lowest BCUT2D eigenvalue weighted by Crippen LogP contribution is -2.74. The van der Waals surface area contributed by atoms with Crippen LogP contribution in [0.4, 0.5) is 5.69 Å². The number of rotatable bonds is 13. The molecular weight excluding hydrogens is 764 g/mol. The Labute approximate surface area is 342 Å². The number of piperazine rings is 1. The van der Waals surface area contributed by atoms with E-state index >= 15 is 0 Å². The molecule has 304 valence electrons. The summed E-state index contributed by atoms with van der Waals surface area (Å²) in [5, 5.41) is 14.9. The van der Waals surface area contributed by atoms with E-state index in [-0.39, 0.29) is 47.8 Å². The van der Waals surface area contributed by atoms with Gasteiger partial charge in [-0.25, -0.2) is 9.97 Å². The number of piperidine rings is 1. The predicted molar refractivity (Wildman–Crippen MR) is 213 cm³/mol. The van der Waals surface area contributed by atoms with Gasteiger partial charge in [0.1, 0.15) is 29.7 Å². The van der Waals surface area contributed by atoms with Crippen LogP contribution in [0.5, 0.6) is 11.5 Å². The molecule has 3 fully saturated rings. The van der Waals surface area contributed by atoms with Crippen molar-refractivity contribution < 1.29 is 33.4 Å². The zero-order valence-electron chi connectivity index (χ0n) is 33.0. The van der Waals surface area contributed by atoms with Crippen molar-refractivity contribution in [3.8, 4) is 17.6 Å². The van der Waals surface area contributed by atoms with E-state index in [0.717, 1.165) is 62.6 Å². The van der Waals surface area contributed by atoms with Crippen LogP contribution >= 0.6 is 11.6 Å². The maximum absolute atomic E-state index is 13.3. The largest absolute Gasteiger partial charge is 0.494 e. The molecule has 5 amide bonds. The Morgan fingerprint density at radius 3 is 2.29 bits per heavy atom. The summed E-state index contributed by atoms with van der Waals surface area (Å²) in [6.45, 7) is 13.0.